The maximum atomic E-state index is 5.82. The number of ether oxygens (including phenoxy) is 1. The monoisotopic (exact) mass is 238 g/mol. The predicted octanol–water partition coefficient (Wildman–Crippen LogP) is 0.660. The molecule has 5 nitrogen and oxygen atoms in total. The van der Waals surface area contributed by atoms with Gasteiger partial charge >= 0.3 is 0 Å². The summed E-state index contributed by atoms with van der Waals surface area (Å²) in [5.74, 6) is 1.81. The van der Waals surface area contributed by atoms with Crippen molar-refractivity contribution in [2.24, 2.45) is 18.7 Å². The smallest absolute Gasteiger partial charge is 0.131 e. The molecule has 0 aromatic carbocycles. The molecule has 0 aliphatic carbocycles. The molecule has 0 saturated carbocycles. The minimum atomic E-state index is 0.556. The summed E-state index contributed by atoms with van der Waals surface area (Å²) in [6.07, 6.45) is 1.18. The molecule has 1 saturated heterocycles. The number of rotatable bonds is 4. The van der Waals surface area contributed by atoms with Crippen LogP contribution in [0.5, 0.6) is 0 Å². The highest BCUT2D eigenvalue weighted by molar-refractivity contribution is 5.50. The van der Waals surface area contributed by atoms with Crippen molar-refractivity contribution in [2.45, 2.75) is 19.9 Å². The number of hydrogen-bond acceptors (Lipinski definition) is 4. The second-order valence-electron chi connectivity index (χ2n) is 4.77. The van der Waals surface area contributed by atoms with Gasteiger partial charge < -0.3 is 15.4 Å². The molecule has 1 aliphatic heterocycles. The van der Waals surface area contributed by atoms with Gasteiger partial charge in [-0.3, -0.25) is 4.68 Å². The maximum Gasteiger partial charge on any atom is 0.131 e. The highest BCUT2D eigenvalue weighted by Gasteiger charge is 2.27. The van der Waals surface area contributed by atoms with Crippen molar-refractivity contribution in [1.82, 2.24) is 9.78 Å². The molecule has 0 amide bonds. The molecular weight excluding hydrogens is 216 g/mol. The van der Waals surface area contributed by atoms with E-state index in [9.17, 15) is 0 Å². The van der Waals surface area contributed by atoms with Crippen molar-refractivity contribution >= 4 is 5.82 Å². The Balaban J connectivity index is 2.18. The van der Waals surface area contributed by atoms with Gasteiger partial charge in [-0.05, 0) is 13.3 Å². The summed E-state index contributed by atoms with van der Waals surface area (Å²) in [5.41, 5.74) is 8.03. The topological polar surface area (TPSA) is 56.3 Å². The zero-order chi connectivity index (χ0) is 12.4. The first-order valence-corrected chi connectivity index (χ1v) is 6.13. The molecule has 2 heterocycles. The highest BCUT2D eigenvalue weighted by atomic mass is 16.5. The molecule has 0 spiro atoms. The Bertz CT molecular complexity index is 388. The number of anilines is 1. The Morgan fingerprint density at radius 2 is 2.29 bits per heavy atom. The molecular formula is C12H22N4O. The Morgan fingerprint density at radius 3 is 2.94 bits per heavy atom. The van der Waals surface area contributed by atoms with Crippen molar-refractivity contribution in [3.63, 3.8) is 0 Å². The second kappa shape index (κ2) is 5.06. The number of nitrogens with two attached hydrogens (primary N) is 1. The molecule has 0 radical (unpaired) electrons. The van der Waals surface area contributed by atoms with Gasteiger partial charge in [0.15, 0.2) is 0 Å². The van der Waals surface area contributed by atoms with E-state index in [-0.39, 0.29) is 0 Å². The van der Waals surface area contributed by atoms with Crippen LogP contribution in [0.3, 0.4) is 0 Å². The SMILES string of the molecule is COCC1CCN(c2c(CN)c(C)nn2C)C1. The van der Waals surface area contributed by atoms with Crippen molar-refractivity contribution < 1.29 is 4.74 Å². The number of nitrogens with zero attached hydrogens (tertiary/aromatic N) is 3. The third-order valence-electron chi connectivity index (χ3n) is 3.51. The van der Waals surface area contributed by atoms with Gasteiger partial charge in [-0.2, -0.15) is 5.10 Å². The molecule has 1 fully saturated rings. The molecule has 2 N–H and O–H groups in total. The van der Waals surface area contributed by atoms with E-state index in [1.807, 2.05) is 18.7 Å². The van der Waals surface area contributed by atoms with Crippen LogP contribution in [-0.4, -0.2) is 36.6 Å². The fourth-order valence-corrected chi connectivity index (χ4v) is 2.72. The van der Waals surface area contributed by atoms with Gasteiger partial charge in [-0.25, -0.2) is 0 Å². The van der Waals surface area contributed by atoms with E-state index in [1.54, 1.807) is 7.11 Å². The van der Waals surface area contributed by atoms with Gasteiger partial charge in [0.25, 0.3) is 0 Å². The first-order chi connectivity index (χ1) is 8.17. The fraction of sp³-hybridized carbons (Fsp3) is 0.750. The third kappa shape index (κ3) is 2.30. The third-order valence-corrected chi connectivity index (χ3v) is 3.51. The lowest BCUT2D eigenvalue weighted by Gasteiger charge is -2.20. The summed E-state index contributed by atoms with van der Waals surface area (Å²) in [5, 5.41) is 4.46. The minimum Gasteiger partial charge on any atom is -0.384 e. The van der Waals surface area contributed by atoms with E-state index in [0.717, 1.165) is 25.4 Å². The molecule has 1 aliphatic rings. The molecule has 1 aromatic heterocycles. The Morgan fingerprint density at radius 1 is 1.53 bits per heavy atom. The van der Waals surface area contributed by atoms with Gasteiger partial charge in [-0.1, -0.05) is 0 Å². The molecule has 5 heteroatoms. The largest absolute Gasteiger partial charge is 0.384 e. The zero-order valence-corrected chi connectivity index (χ0v) is 10.9. The van der Waals surface area contributed by atoms with E-state index in [4.69, 9.17) is 10.5 Å². The lowest BCUT2D eigenvalue weighted by molar-refractivity contribution is 0.161. The summed E-state index contributed by atoms with van der Waals surface area (Å²) in [4.78, 5) is 2.38. The Labute approximate surface area is 103 Å². The first-order valence-electron chi connectivity index (χ1n) is 6.13. The van der Waals surface area contributed by atoms with Crippen molar-refractivity contribution in [2.75, 3.05) is 31.7 Å². The molecule has 96 valence electrons. The summed E-state index contributed by atoms with van der Waals surface area (Å²) in [6.45, 7) is 5.53. The summed E-state index contributed by atoms with van der Waals surface area (Å²) < 4.78 is 7.18. The summed E-state index contributed by atoms with van der Waals surface area (Å²) in [7, 11) is 3.76. The van der Waals surface area contributed by atoms with Crippen LogP contribution >= 0.6 is 0 Å². The standard InChI is InChI=1S/C12H22N4O/c1-9-11(6-13)12(15(2)14-9)16-5-4-10(7-16)8-17-3/h10H,4-8,13H2,1-3H3. The lowest BCUT2D eigenvalue weighted by atomic mass is 10.1. The van der Waals surface area contributed by atoms with Crippen LogP contribution in [-0.2, 0) is 18.3 Å². The van der Waals surface area contributed by atoms with E-state index in [2.05, 4.69) is 10.00 Å². The number of methoxy groups -OCH3 is 1. The molecule has 1 aromatic rings. The normalized spacial score (nSPS) is 20.2. The van der Waals surface area contributed by atoms with Crippen molar-refractivity contribution in [3.05, 3.63) is 11.3 Å². The fourth-order valence-electron chi connectivity index (χ4n) is 2.72. The Hall–Kier alpha value is -1.07. The highest BCUT2D eigenvalue weighted by Crippen LogP contribution is 2.28. The Kier molecular flexibility index (Phi) is 3.69. The van der Waals surface area contributed by atoms with Gasteiger partial charge in [0.1, 0.15) is 5.82 Å². The molecule has 2 rings (SSSR count). The van der Waals surface area contributed by atoms with Crippen molar-refractivity contribution in [3.8, 4) is 0 Å². The lowest BCUT2D eigenvalue weighted by Crippen LogP contribution is -2.24. The maximum absolute atomic E-state index is 5.82. The number of aromatic nitrogens is 2. The minimum absolute atomic E-state index is 0.556. The van der Waals surface area contributed by atoms with Crippen LogP contribution in [0.4, 0.5) is 5.82 Å². The van der Waals surface area contributed by atoms with E-state index >= 15 is 0 Å². The van der Waals surface area contributed by atoms with Gasteiger partial charge in [0.05, 0.1) is 12.3 Å². The quantitative estimate of drug-likeness (QED) is 0.837. The van der Waals surface area contributed by atoms with Crippen molar-refractivity contribution in [1.29, 1.82) is 0 Å². The molecule has 17 heavy (non-hydrogen) atoms. The zero-order valence-electron chi connectivity index (χ0n) is 10.9. The van der Waals surface area contributed by atoms with E-state index in [1.165, 1.54) is 17.8 Å². The van der Waals surface area contributed by atoms with Gasteiger partial charge in [0, 0.05) is 45.3 Å². The van der Waals surface area contributed by atoms with Gasteiger partial charge in [-0.15, -0.1) is 0 Å². The van der Waals surface area contributed by atoms with Crippen LogP contribution in [0.15, 0.2) is 0 Å². The van der Waals surface area contributed by atoms with Crippen LogP contribution in [0.2, 0.25) is 0 Å². The van der Waals surface area contributed by atoms with E-state index in [0.29, 0.717) is 12.5 Å². The average molecular weight is 238 g/mol. The van der Waals surface area contributed by atoms with Crippen LogP contribution in [0.25, 0.3) is 0 Å². The first kappa shape index (κ1) is 12.4. The molecule has 1 atom stereocenters. The number of aryl methyl sites for hydroxylation is 2. The van der Waals surface area contributed by atoms with Crippen LogP contribution < -0.4 is 10.6 Å². The molecule has 0 bridgehead atoms. The van der Waals surface area contributed by atoms with E-state index < -0.39 is 0 Å². The van der Waals surface area contributed by atoms with Crippen LogP contribution in [0, 0.1) is 12.8 Å². The average Bonchev–Trinajstić information content (AvgIpc) is 2.83. The summed E-state index contributed by atoms with van der Waals surface area (Å²) in [6, 6.07) is 0. The predicted molar refractivity (Wildman–Crippen MR) is 68.0 cm³/mol. The summed E-state index contributed by atoms with van der Waals surface area (Å²) >= 11 is 0. The van der Waals surface area contributed by atoms with Crippen LogP contribution in [0.1, 0.15) is 17.7 Å². The second-order valence-corrected chi connectivity index (χ2v) is 4.77. The van der Waals surface area contributed by atoms with Gasteiger partial charge in [0.2, 0.25) is 0 Å². The number of hydrogen-bond donors (Lipinski definition) is 1. The molecule has 1 unspecified atom stereocenters.